The first kappa shape index (κ1) is 16.3. The van der Waals surface area contributed by atoms with Crippen LogP contribution >= 0.6 is 11.6 Å². The van der Waals surface area contributed by atoms with Crippen molar-refractivity contribution in [3.05, 3.63) is 29.3 Å². The standard InChI is InChI=1S/C14H19ClN2O3/c1-4-9(2)12(13(18)20-3)17-14(19)16-11-7-5-6-10(15)8-11/h5-9,12H,4H2,1-3H3,(H2,16,17,19)/t9-,12+/m1/s1. The van der Waals surface area contributed by atoms with E-state index >= 15 is 0 Å². The Hall–Kier alpha value is -1.75. The van der Waals surface area contributed by atoms with Crippen LogP contribution in [0.15, 0.2) is 24.3 Å². The van der Waals surface area contributed by atoms with Gasteiger partial charge in [0.05, 0.1) is 7.11 Å². The number of anilines is 1. The van der Waals surface area contributed by atoms with Crippen molar-refractivity contribution in [2.75, 3.05) is 12.4 Å². The van der Waals surface area contributed by atoms with E-state index in [1.807, 2.05) is 13.8 Å². The van der Waals surface area contributed by atoms with Crippen LogP contribution in [0.5, 0.6) is 0 Å². The second-order valence-electron chi connectivity index (χ2n) is 4.50. The first-order valence-electron chi connectivity index (χ1n) is 6.38. The molecule has 0 aliphatic rings. The molecular weight excluding hydrogens is 280 g/mol. The molecule has 0 saturated carbocycles. The predicted molar refractivity (Wildman–Crippen MR) is 78.9 cm³/mol. The molecule has 1 aromatic rings. The highest BCUT2D eigenvalue weighted by molar-refractivity contribution is 6.30. The molecule has 2 N–H and O–H groups in total. The Balaban J connectivity index is 2.69. The van der Waals surface area contributed by atoms with Crippen LogP contribution in [0.3, 0.4) is 0 Å². The van der Waals surface area contributed by atoms with E-state index in [-0.39, 0.29) is 5.92 Å². The average molecular weight is 299 g/mol. The number of ether oxygens (including phenoxy) is 1. The largest absolute Gasteiger partial charge is 0.467 e. The van der Waals surface area contributed by atoms with Gasteiger partial charge in [-0.3, -0.25) is 0 Å². The van der Waals surface area contributed by atoms with E-state index < -0.39 is 18.0 Å². The van der Waals surface area contributed by atoms with Crippen LogP contribution in [0, 0.1) is 5.92 Å². The fourth-order valence-electron chi connectivity index (χ4n) is 1.67. The number of hydrogen-bond donors (Lipinski definition) is 2. The van der Waals surface area contributed by atoms with Crippen molar-refractivity contribution < 1.29 is 14.3 Å². The SMILES string of the molecule is CC[C@@H](C)[C@H](NC(=O)Nc1cccc(Cl)c1)C(=O)OC. The summed E-state index contributed by atoms with van der Waals surface area (Å²) in [4.78, 5) is 23.6. The molecule has 1 rings (SSSR count). The van der Waals surface area contributed by atoms with Gasteiger partial charge in [-0.25, -0.2) is 9.59 Å². The van der Waals surface area contributed by atoms with Gasteiger partial charge in [0, 0.05) is 10.7 Å². The number of rotatable bonds is 5. The number of urea groups is 1. The van der Waals surface area contributed by atoms with Crippen molar-refractivity contribution >= 4 is 29.3 Å². The van der Waals surface area contributed by atoms with Gasteiger partial charge in [-0.1, -0.05) is 37.9 Å². The Morgan fingerprint density at radius 2 is 2.10 bits per heavy atom. The summed E-state index contributed by atoms with van der Waals surface area (Å²) in [6, 6.07) is 5.62. The molecule has 20 heavy (non-hydrogen) atoms. The molecule has 6 heteroatoms. The lowest BCUT2D eigenvalue weighted by Gasteiger charge is -2.22. The summed E-state index contributed by atoms with van der Waals surface area (Å²) in [5.74, 6) is -0.479. The van der Waals surface area contributed by atoms with Gasteiger partial charge in [0.25, 0.3) is 0 Å². The number of nitrogens with one attached hydrogen (secondary N) is 2. The Labute approximate surface area is 123 Å². The Bertz CT molecular complexity index is 479. The first-order valence-corrected chi connectivity index (χ1v) is 6.76. The van der Waals surface area contributed by atoms with Crippen LogP contribution in [-0.4, -0.2) is 25.2 Å². The summed E-state index contributed by atoms with van der Waals surface area (Å²) in [7, 11) is 1.30. The first-order chi connectivity index (χ1) is 9.47. The molecule has 0 spiro atoms. The molecule has 0 fully saturated rings. The Morgan fingerprint density at radius 3 is 2.65 bits per heavy atom. The zero-order valence-corrected chi connectivity index (χ0v) is 12.5. The molecule has 110 valence electrons. The normalized spacial score (nSPS) is 13.2. The van der Waals surface area contributed by atoms with E-state index in [0.717, 1.165) is 6.42 Å². The fraction of sp³-hybridized carbons (Fsp3) is 0.429. The molecule has 2 amide bonds. The van der Waals surface area contributed by atoms with Gasteiger partial charge < -0.3 is 15.4 Å². The Kier molecular flexibility index (Phi) is 6.31. The van der Waals surface area contributed by atoms with Gasteiger partial charge in [0.1, 0.15) is 6.04 Å². The van der Waals surface area contributed by atoms with Crippen LogP contribution in [0.2, 0.25) is 5.02 Å². The molecule has 0 aromatic heterocycles. The summed E-state index contributed by atoms with van der Waals surface area (Å²) in [6.45, 7) is 3.82. The maximum absolute atomic E-state index is 11.9. The zero-order chi connectivity index (χ0) is 15.1. The number of methoxy groups -OCH3 is 1. The lowest BCUT2D eigenvalue weighted by molar-refractivity contribution is -0.144. The van der Waals surface area contributed by atoms with Crippen molar-refractivity contribution in [2.45, 2.75) is 26.3 Å². The lowest BCUT2D eigenvalue weighted by Crippen LogP contribution is -2.47. The van der Waals surface area contributed by atoms with E-state index in [1.54, 1.807) is 24.3 Å². The van der Waals surface area contributed by atoms with Gasteiger partial charge in [-0.05, 0) is 24.1 Å². The number of esters is 1. The summed E-state index contributed by atoms with van der Waals surface area (Å²) in [5.41, 5.74) is 0.558. The van der Waals surface area contributed by atoms with Gasteiger partial charge in [-0.2, -0.15) is 0 Å². The third-order valence-corrected chi connectivity index (χ3v) is 3.27. The fourth-order valence-corrected chi connectivity index (χ4v) is 1.86. The second-order valence-corrected chi connectivity index (χ2v) is 4.93. The summed E-state index contributed by atoms with van der Waals surface area (Å²) >= 11 is 5.83. The molecule has 0 radical (unpaired) electrons. The number of carbonyl (C=O) groups excluding carboxylic acids is 2. The van der Waals surface area contributed by atoms with Gasteiger partial charge >= 0.3 is 12.0 Å². The van der Waals surface area contributed by atoms with Crippen molar-refractivity contribution in [3.63, 3.8) is 0 Å². The summed E-state index contributed by atoms with van der Waals surface area (Å²) < 4.78 is 4.70. The number of amides is 2. The summed E-state index contributed by atoms with van der Waals surface area (Å²) in [5, 5.41) is 5.77. The molecule has 0 heterocycles. The highest BCUT2D eigenvalue weighted by Crippen LogP contribution is 2.15. The summed E-state index contributed by atoms with van der Waals surface area (Å²) in [6.07, 6.45) is 0.747. The molecule has 0 saturated heterocycles. The average Bonchev–Trinajstić information content (AvgIpc) is 2.43. The number of carbonyl (C=O) groups is 2. The molecule has 0 aliphatic carbocycles. The van der Waals surface area contributed by atoms with Gasteiger partial charge in [0.15, 0.2) is 0 Å². The minimum atomic E-state index is -0.677. The van der Waals surface area contributed by atoms with Crippen molar-refractivity contribution in [1.82, 2.24) is 5.32 Å². The van der Waals surface area contributed by atoms with Crippen LogP contribution in [0.25, 0.3) is 0 Å². The van der Waals surface area contributed by atoms with E-state index in [2.05, 4.69) is 10.6 Å². The Morgan fingerprint density at radius 1 is 1.40 bits per heavy atom. The molecule has 0 bridgehead atoms. The maximum atomic E-state index is 11.9. The quantitative estimate of drug-likeness (QED) is 0.821. The molecule has 0 unspecified atom stereocenters. The lowest BCUT2D eigenvalue weighted by atomic mass is 9.99. The topological polar surface area (TPSA) is 67.4 Å². The third kappa shape index (κ3) is 4.74. The van der Waals surface area contributed by atoms with E-state index in [9.17, 15) is 9.59 Å². The van der Waals surface area contributed by atoms with Crippen molar-refractivity contribution in [1.29, 1.82) is 0 Å². The van der Waals surface area contributed by atoms with Crippen LogP contribution in [0.4, 0.5) is 10.5 Å². The van der Waals surface area contributed by atoms with Crippen LogP contribution in [0.1, 0.15) is 20.3 Å². The molecule has 1 aromatic carbocycles. The van der Waals surface area contributed by atoms with E-state index in [0.29, 0.717) is 10.7 Å². The van der Waals surface area contributed by atoms with Crippen LogP contribution < -0.4 is 10.6 Å². The third-order valence-electron chi connectivity index (χ3n) is 3.04. The predicted octanol–water partition coefficient (Wildman–Crippen LogP) is 3.05. The highest BCUT2D eigenvalue weighted by Gasteiger charge is 2.26. The van der Waals surface area contributed by atoms with Gasteiger partial charge in [-0.15, -0.1) is 0 Å². The van der Waals surface area contributed by atoms with Crippen molar-refractivity contribution in [3.8, 4) is 0 Å². The monoisotopic (exact) mass is 298 g/mol. The number of benzene rings is 1. The van der Waals surface area contributed by atoms with Crippen LogP contribution in [-0.2, 0) is 9.53 Å². The molecule has 2 atom stereocenters. The zero-order valence-electron chi connectivity index (χ0n) is 11.8. The van der Waals surface area contributed by atoms with E-state index in [4.69, 9.17) is 16.3 Å². The maximum Gasteiger partial charge on any atom is 0.328 e. The van der Waals surface area contributed by atoms with E-state index in [1.165, 1.54) is 7.11 Å². The molecule has 0 aliphatic heterocycles. The highest BCUT2D eigenvalue weighted by atomic mass is 35.5. The number of halogens is 1. The second kappa shape index (κ2) is 7.75. The smallest absolute Gasteiger partial charge is 0.328 e. The number of hydrogen-bond acceptors (Lipinski definition) is 3. The molecule has 5 nitrogen and oxygen atoms in total. The van der Waals surface area contributed by atoms with Gasteiger partial charge in [0.2, 0.25) is 0 Å². The minimum absolute atomic E-state index is 0.0208. The molecular formula is C14H19ClN2O3. The minimum Gasteiger partial charge on any atom is -0.467 e. The van der Waals surface area contributed by atoms with Crippen molar-refractivity contribution in [2.24, 2.45) is 5.92 Å².